The number of hydrogen-bond acceptors (Lipinski definition) is 6. The molecule has 1 amide bonds. The minimum atomic E-state index is -4.45. The smallest absolute Gasteiger partial charge is 0.456 e. The number of phosphoric acid groups is 1. The first-order valence-corrected chi connectivity index (χ1v) is 36.6. The number of rotatable bonds is 64. The van der Waals surface area contributed by atoms with E-state index >= 15 is 0 Å². The highest BCUT2D eigenvalue weighted by molar-refractivity contribution is 7.47. The van der Waals surface area contributed by atoms with Crippen LogP contribution in [0.2, 0.25) is 0 Å². The van der Waals surface area contributed by atoms with Crippen LogP contribution in [0.25, 0.3) is 0 Å². The molecule has 0 aromatic heterocycles. The van der Waals surface area contributed by atoms with Crippen LogP contribution >= 0.6 is 7.82 Å². The minimum absolute atomic E-state index is 0.0394. The molecule has 0 heterocycles. The summed E-state index contributed by atoms with van der Waals surface area (Å²) in [7, 11) is 1.50. The average Bonchev–Trinajstić information content (AvgIpc) is 3.44. The number of esters is 1. The van der Waals surface area contributed by atoms with Gasteiger partial charge in [0.2, 0.25) is 5.91 Å². The number of nitrogens with one attached hydrogen (secondary N) is 1. The molecule has 2 N–H and O–H groups in total. The Hall–Kier alpha value is -2.29. The van der Waals surface area contributed by atoms with Crippen LogP contribution < -0.4 is 5.32 Å². The highest BCUT2D eigenvalue weighted by Gasteiger charge is 2.30. The molecule has 0 spiro atoms. The molecule has 0 fully saturated rings. The molecular formula is C72H136N2O7P+. The fourth-order valence-electron chi connectivity index (χ4n) is 10.2. The summed E-state index contributed by atoms with van der Waals surface area (Å²) in [6.07, 6.45) is 79.4. The summed E-state index contributed by atoms with van der Waals surface area (Å²) in [5.41, 5.74) is 0. The fraction of sp³-hybridized carbons (Fsp3) is 0.833. The van der Waals surface area contributed by atoms with E-state index in [4.69, 9.17) is 13.8 Å². The number of carbonyl (C=O) groups excluding carboxylic acids is 2. The summed E-state index contributed by atoms with van der Waals surface area (Å²) in [6.45, 7) is 7.02. The van der Waals surface area contributed by atoms with Crippen molar-refractivity contribution in [3.05, 3.63) is 60.8 Å². The molecule has 3 atom stereocenters. The Kier molecular flexibility index (Phi) is 60.1. The van der Waals surface area contributed by atoms with Gasteiger partial charge in [-0.05, 0) is 96.0 Å². The van der Waals surface area contributed by atoms with Gasteiger partial charge >= 0.3 is 13.8 Å². The standard InChI is InChI=1S/C72H135N2O7P/c1-7-10-13-16-19-22-25-28-30-32-34-36-37-39-41-43-45-47-50-53-56-59-62-65-72(76)81-70(63-60-57-54-51-48-27-24-21-18-15-12-9-3)69(68-80-82(77,78)79-67-66-74(4,5)6)73-71(75)64-61-58-55-52-49-46-44-42-40-38-35-33-31-29-26-23-20-17-14-11-8-2/h19,22,28-31,34,36,60,63,69-70H,7-18,20-21,23-27,32-33,35,37-59,61-62,64-68H2,1-6H3,(H-,73,75,77,78)/p+1/b22-19-,30-28-,31-29+,36-34-,63-60+. The van der Waals surface area contributed by atoms with E-state index < -0.39 is 20.0 Å². The van der Waals surface area contributed by atoms with Crippen LogP contribution in [-0.2, 0) is 27.9 Å². The van der Waals surface area contributed by atoms with Crippen molar-refractivity contribution in [3.8, 4) is 0 Å². The van der Waals surface area contributed by atoms with E-state index in [0.717, 1.165) is 70.6 Å². The third-order valence-electron chi connectivity index (χ3n) is 15.7. The topological polar surface area (TPSA) is 111 Å². The first-order chi connectivity index (χ1) is 39.9. The monoisotopic (exact) mass is 1170 g/mol. The second-order valence-electron chi connectivity index (χ2n) is 25.0. The molecule has 0 bridgehead atoms. The van der Waals surface area contributed by atoms with E-state index in [-0.39, 0.29) is 31.5 Å². The predicted octanol–water partition coefficient (Wildman–Crippen LogP) is 22.2. The molecule has 0 aliphatic heterocycles. The zero-order chi connectivity index (χ0) is 60.0. The number of hydrogen-bond donors (Lipinski definition) is 2. The van der Waals surface area contributed by atoms with Crippen LogP contribution in [0.4, 0.5) is 0 Å². The summed E-state index contributed by atoms with van der Waals surface area (Å²) in [4.78, 5) is 37.9. The van der Waals surface area contributed by atoms with Gasteiger partial charge in [0.05, 0.1) is 33.8 Å². The first-order valence-electron chi connectivity index (χ1n) is 35.1. The van der Waals surface area contributed by atoms with Crippen LogP contribution in [0.3, 0.4) is 0 Å². The predicted molar refractivity (Wildman–Crippen MR) is 355 cm³/mol. The van der Waals surface area contributed by atoms with Gasteiger partial charge < -0.3 is 19.4 Å². The number of nitrogens with zero attached hydrogens (tertiary/aromatic N) is 1. The summed E-state index contributed by atoms with van der Waals surface area (Å²) in [5, 5.41) is 3.07. The van der Waals surface area contributed by atoms with Crippen LogP contribution in [0, 0.1) is 0 Å². The Morgan fingerprint density at radius 3 is 1.15 bits per heavy atom. The minimum Gasteiger partial charge on any atom is -0.456 e. The molecule has 0 radical (unpaired) electrons. The summed E-state index contributed by atoms with van der Waals surface area (Å²) >= 11 is 0. The Morgan fingerprint density at radius 2 is 0.744 bits per heavy atom. The van der Waals surface area contributed by atoms with Crippen molar-refractivity contribution < 1.29 is 37.3 Å². The second-order valence-corrected chi connectivity index (χ2v) is 26.5. The van der Waals surface area contributed by atoms with Gasteiger partial charge in [-0.25, -0.2) is 4.57 Å². The van der Waals surface area contributed by atoms with Crippen LogP contribution in [0.15, 0.2) is 60.8 Å². The lowest BCUT2D eigenvalue weighted by molar-refractivity contribution is -0.870. The van der Waals surface area contributed by atoms with Gasteiger partial charge in [0.1, 0.15) is 19.3 Å². The van der Waals surface area contributed by atoms with Crippen molar-refractivity contribution in [2.75, 3.05) is 40.9 Å². The average molecular weight is 1170 g/mol. The quantitative estimate of drug-likeness (QED) is 0.0205. The number of amides is 1. The van der Waals surface area contributed by atoms with Crippen LogP contribution in [-0.4, -0.2) is 74.3 Å². The Balaban J connectivity index is 5.10. The van der Waals surface area contributed by atoms with Crippen molar-refractivity contribution in [2.45, 2.75) is 348 Å². The Labute approximate surface area is 509 Å². The SMILES string of the molecule is CCCCC/C=C\C/C=C\C/C=C\CCCCCCCCCCCCC(=O)OC(/C=C/CCCCCCCCCCCC)C(COP(=O)(O)OCC[N+](C)(C)C)NC(=O)CCCCCCCCCCCCC/C=C/CCCCCCCC. The molecule has 10 heteroatoms. The van der Waals surface area contributed by atoms with Crippen LogP contribution in [0.5, 0.6) is 0 Å². The molecule has 3 unspecified atom stereocenters. The molecule has 0 aromatic rings. The lowest BCUT2D eigenvalue weighted by Crippen LogP contribution is -2.47. The van der Waals surface area contributed by atoms with E-state index in [1.54, 1.807) is 0 Å². The van der Waals surface area contributed by atoms with Gasteiger partial charge in [-0.3, -0.25) is 18.6 Å². The largest absolute Gasteiger partial charge is 0.472 e. The van der Waals surface area contributed by atoms with Crippen molar-refractivity contribution in [2.24, 2.45) is 0 Å². The molecule has 0 aliphatic rings. The van der Waals surface area contributed by atoms with E-state index in [9.17, 15) is 19.0 Å². The number of unbranched alkanes of at least 4 members (excludes halogenated alkanes) is 40. The number of likely N-dealkylation sites (N-methyl/N-ethyl adjacent to an activating group) is 1. The zero-order valence-electron chi connectivity index (χ0n) is 55.0. The third kappa shape index (κ3) is 62.2. The molecule has 9 nitrogen and oxygen atoms in total. The normalized spacial score (nSPS) is 13.9. The van der Waals surface area contributed by atoms with Gasteiger partial charge in [-0.15, -0.1) is 0 Å². The van der Waals surface area contributed by atoms with Crippen molar-refractivity contribution >= 4 is 19.7 Å². The van der Waals surface area contributed by atoms with E-state index in [2.05, 4.69) is 74.7 Å². The lowest BCUT2D eigenvalue weighted by Gasteiger charge is -2.27. The number of allylic oxidation sites excluding steroid dienone is 9. The number of ether oxygens (including phenoxy) is 1. The Morgan fingerprint density at radius 1 is 0.427 bits per heavy atom. The molecule has 0 aromatic carbocycles. The maximum Gasteiger partial charge on any atom is 0.472 e. The highest BCUT2D eigenvalue weighted by Crippen LogP contribution is 2.43. The van der Waals surface area contributed by atoms with E-state index in [1.807, 2.05) is 33.3 Å². The van der Waals surface area contributed by atoms with Gasteiger partial charge in [-0.1, -0.05) is 287 Å². The molecular weight excluding hydrogens is 1040 g/mol. The zero-order valence-corrected chi connectivity index (χ0v) is 55.9. The molecule has 0 rings (SSSR count). The molecule has 480 valence electrons. The molecule has 0 saturated heterocycles. The molecule has 0 saturated carbocycles. The fourth-order valence-corrected chi connectivity index (χ4v) is 11.0. The third-order valence-corrected chi connectivity index (χ3v) is 16.7. The maximum absolute atomic E-state index is 13.6. The highest BCUT2D eigenvalue weighted by atomic mass is 31.2. The number of carbonyl (C=O) groups is 2. The van der Waals surface area contributed by atoms with E-state index in [1.165, 1.54) is 231 Å². The summed E-state index contributed by atoms with van der Waals surface area (Å²) in [5.74, 6) is -0.499. The first kappa shape index (κ1) is 79.7. The number of phosphoric ester groups is 1. The summed E-state index contributed by atoms with van der Waals surface area (Å²) < 4.78 is 30.8. The molecule has 0 aliphatic carbocycles. The number of quaternary nitrogens is 1. The van der Waals surface area contributed by atoms with Crippen molar-refractivity contribution in [3.63, 3.8) is 0 Å². The van der Waals surface area contributed by atoms with Crippen molar-refractivity contribution in [1.82, 2.24) is 5.32 Å². The Bertz CT molecular complexity index is 1590. The molecule has 82 heavy (non-hydrogen) atoms. The maximum atomic E-state index is 13.6. The van der Waals surface area contributed by atoms with Crippen molar-refractivity contribution in [1.29, 1.82) is 0 Å². The lowest BCUT2D eigenvalue weighted by atomic mass is 10.0. The second kappa shape index (κ2) is 61.8. The van der Waals surface area contributed by atoms with Gasteiger partial charge in [0.25, 0.3) is 0 Å². The van der Waals surface area contributed by atoms with E-state index in [0.29, 0.717) is 17.4 Å². The van der Waals surface area contributed by atoms with Gasteiger partial charge in [-0.2, -0.15) is 0 Å². The van der Waals surface area contributed by atoms with Gasteiger partial charge in [0.15, 0.2) is 0 Å². The summed E-state index contributed by atoms with van der Waals surface area (Å²) in [6, 6.07) is -0.851. The van der Waals surface area contributed by atoms with Crippen LogP contribution in [0.1, 0.15) is 335 Å². The van der Waals surface area contributed by atoms with Gasteiger partial charge in [0, 0.05) is 12.8 Å².